The van der Waals surface area contributed by atoms with Crippen LogP contribution in [0.3, 0.4) is 0 Å². The standard InChI is InChI=1S/C15H14BrClFN/c1-10(11-2-5-13(17)6-3-11)19-9-12-4-7-14(18)8-15(12)16/h2-8,10,19H,9H2,1H3/t10-/m0/s1. The average molecular weight is 343 g/mol. The predicted octanol–water partition coefficient (Wildman–Crippen LogP) is 5.09. The molecule has 0 aromatic heterocycles. The van der Waals surface area contributed by atoms with Crippen LogP contribution in [0.4, 0.5) is 4.39 Å². The Balaban J connectivity index is 2.00. The van der Waals surface area contributed by atoms with Crippen molar-refractivity contribution in [1.82, 2.24) is 5.32 Å². The predicted molar refractivity (Wildman–Crippen MR) is 80.8 cm³/mol. The monoisotopic (exact) mass is 341 g/mol. The summed E-state index contributed by atoms with van der Waals surface area (Å²) in [5.41, 5.74) is 2.20. The SMILES string of the molecule is C[C@H](NCc1ccc(F)cc1Br)c1ccc(Cl)cc1. The summed E-state index contributed by atoms with van der Waals surface area (Å²) in [6, 6.07) is 12.7. The molecule has 2 rings (SSSR count). The molecule has 100 valence electrons. The minimum atomic E-state index is -0.235. The quantitative estimate of drug-likeness (QED) is 0.816. The first-order valence-corrected chi connectivity index (χ1v) is 7.16. The molecule has 0 bridgehead atoms. The van der Waals surface area contributed by atoms with E-state index in [0.717, 1.165) is 15.1 Å². The van der Waals surface area contributed by atoms with Crippen molar-refractivity contribution in [1.29, 1.82) is 0 Å². The first kappa shape index (κ1) is 14.5. The summed E-state index contributed by atoms with van der Waals surface area (Å²) in [7, 11) is 0. The zero-order valence-electron chi connectivity index (χ0n) is 10.5. The van der Waals surface area contributed by atoms with Crippen LogP contribution in [0.25, 0.3) is 0 Å². The number of nitrogens with one attached hydrogen (secondary N) is 1. The summed E-state index contributed by atoms with van der Waals surface area (Å²) in [5, 5.41) is 4.13. The molecule has 0 aliphatic heterocycles. The minimum absolute atomic E-state index is 0.203. The zero-order chi connectivity index (χ0) is 13.8. The Bertz CT molecular complexity index is 557. The molecule has 0 spiro atoms. The minimum Gasteiger partial charge on any atom is -0.306 e. The van der Waals surface area contributed by atoms with E-state index >= 15 is 0 Å². The lowest BCUT2D eigenvalue weighted by Crippen LogP contribution is -2.18. The van der Waals surface area contributed by atoms with Crippen molar-refractivity contribution in [2.75, 3.05) is 0 Å². The van der Waals surface area contributed by atoms with Crippen LogP contribution in [0.2, 0.25) is 5.02 Å². The molecule has 19 heavy (non-hydrogen) atoms. The molecule has 4 heteroatoms. The van der Waals surface area contributed by atoms with Crippen molar-refractivity contribution in [3.63, 3.8) is 0 Å². The van der Waals surface area contributed by atoms with Gasteiger partial charge in [-0.05, 0) is 42.3 Å². The Morgan fingerprint density at radius 3 is 2.53 bits per heavy atom. The Kier molecular flexibility index (Phi) is 4.97. The number of benzene rings is 2. The fourth-order valence-electron chi connectivity index (χ4n) is 1.80. The van der Waals surface area contributed by atoms with Gasteiger partial charge in [-0.15, -0.1) is 0 Å². The second-order valence-corrected chi connectivity index (χ2v) is 5.68. The molecule has 0 amide bonds. The lowest BCUT2D eigenvalue weighted by atomic mass is 10.1. The molecule has 1 N–H and O–H groups in total. The fraction of sp³-hybridized carbons (Fsp3) is 0.200. The van der Waals surface area contributed by atoms with Crippen molar-refractivity contribution in [2.45, 2.75) is 19.5 Å². The Labute approximate surface area is 125 Å². The van der Waals surface area contributed by atoms with E-state index in [-0.39, 0.29) is 11.9 Å². The van der Waals surface area contributed by atoms with E-state index in [0.29, 0.717) is 6.54 Å². The van der Waals surface area contributed by atoms with Gasteiger partial charge >= 0.3 is 0 Å². The van der Waals surface area contributed by atoms with Crippen molar-refractivity contribution >= 4 is 27.5 Å². The third-order valence-electron chi connectivity index (χ3n) is 2.98. The highest BCUT2D eigenvalue weighted by molar-refractivity contribution is 9.10. The van der Waals surface area contributed by atoms with Crippen molar-refractivity contribution in [3.8, 4) is 0 Å². The normalized spacial score (nSPS) is 12.4. The molecule has 0 radical (unpaired) electrons. The summed E-state index contributed by atoms with van der Waals surface area (Å²) in [6.07, 6.45) is 0. The Morgan fingerprint density at radius 1 is 1.21 bits per heavy atom. The Morgan fingerprint density at radius 2 is 1.89 bits per heavy atom. The van der Waals surface area contributed by atoms with E-state index in [1.54, 1.807) is 6.07 Å². The molecule has 0 fully saturated rings. The topological polar surface area (TPSA) is 12.0 Å². The Hall–Kier alpha value is -0.900. The highest BCUT2D eigenvalue weighted by Gasteiger charge is 2.06. The van der Waals surface area contributed by atoms with Crippen LogP contribution < -0.4 is 5.32 Å². The molecule has 0 unspecified atom stereocenters. The molecular formula is C15H14BrClFN. The van der Waals surface area contributed by atoms with Crippen LogP contribution in [0.5, 0.6) is 0 Å². The first-order valence-electron chi connectivity index (χ1n) is 5.99. The molecule has 0 heterocycles. The van der Waals surface area contributed by atoms with Crippen molar-refractivity contribution < 1.29 is 4.39 Å². The molecule has 0 aliphatic rings. The van der Waals surface area contributed by atoms with E-state index in [1.807, 2.05) is 24.3 Å². The van der Waals surface area contributed by atoms with Gasteiger partial charge in [0.25, 0.3) is 0 Å². The summed E-state index contributed by atoms with van der Waals surface area (Å²) in [5.74, 6) is -0.235. The average Bonchev–Trinajstić information content (AvgIpc) is 2.38. The van der Waals surface area contributed by atoms with E-state index in [4.69, 9.17) is 11.6 Å². The van der Waals surface area contributed by atoms with Gasteiger partial charge in [-0.2, -0.15) is 0 Å². The van der Waals surface area contributed by atoms with Gasteiger partial charge in [0.1, 0.15) is 5.82 Å². The summed E-state index contributed by atoms with van der Waals surface area (Å²) in [4.78, 5) is 0. The van der Waals surface area contributed by atoms with Gasteiger partial charge in [0, 0.05) is 22.1 Å². The molecule has 1 nitrogen and oxygen atoms in total. The maximum absolute atomic E-state index is 13.0. The molecule has 0 aliphatic carbocycles. The number of rotatable bonds is 4. The van der Waals surface area contributed by atoms with E-state index in [9.17, 15) is 4.39 Å². The maximum atomic E-state index is 13.0. The fourth-order valence-corrected chi connectivity index (χ4v) is 2.41. The molecule has 2 aromatic rings. The smallest absolute Gasteiger partial charge is 0.124 e. The van der Waals surface area contributed by atoms with Crippen LogP contribution >= 0.6 is 27.5 Å². The van der Waals surface area contributed by atoms with Gasteiger partial charge in [0.15, 0.2) is 0 Å². The maximum Gasteiger partial charge on any atom is 0.124 e. The largest absolute Gasteiger partial charge is 0.306 e. The number of hydrogen-bond acceptors (Lipinski definition) is 1. The van der Waals surface area contributed by atoms with E-state index < -0.39 is 0 Å². The first-order chi connectivity index (χ1) is 9.06. The van der Waals surface area contributed by atoms with Gasteiger partial charge < -0.3 is 5.32 Å². The van der Waals surface area contributed by atoms with E-state index in [1.165, 1.54) is 17.7 Å². The van der Waals surface area contributed by atoms with Crippen LogP contribution in [0.15, 0.2) is 46.9 Å². The van der Waals surface area contributed by atoms with Gasteiger partial charge in [0.2, 0.25) is 0 Å². The second-order valence-electron chi connectivity index (χ2n) is 4.39. The highest BCUT2D eigenvalue weighted by Crippen LogP contribution is 2.20. The second kappa shape index (κ2) is 6.51. The van der Waals surface area contributed by atoms with Gasteiger partial charge in [0.05, 0.1) is 0 Å². The summed E-state index contributed by atoms with van der Waals surface area (Å²) < 4.78 is 13.8. The molecule has 0 saturated heterocycles. The van der Waals surface area contributed by atoms with Gasteiger partial charge in [-0.1, -0.05) is 45.7 Å². The summed E-state index contributed by atoms with van der Waals surface area (Å²) in [6.45, 7) is 2.76. The molecule has 0 saturated carbocycles. The van der Waals surface area contributed by atoms with Crippen molar-refractivity contribution in [3.05, 3.63) is 68.9 Å². The van der Waals surface area contributed by atoms with Crippen LogP contribution in [-0.4, -0.2) is 0 Å². The van der Waals surface area contributed by atoms with Crippen molar-refractivity contribution in [2.24, 2.45) is 0 Å². The molecular weight excluding hydrogens is 329 g/mol. The number of hydrogen-bond donors (Lipinski definition) is 1. The lowest BCUT2D eigenvalue weighted by Gasteiger charge is -2.15. The highest BCUT2D eigenvalue weighted by atomic mass is 79.9. The van der Waals surface area contributed by atoms with E-state index in [2.05, 4.69) is 28.2 Å². The zero-order valence-corrected chi connectivity index (χ0v) is 12.8. The van der Waals surface area contributed by atoms with Crippen LogP contribution in [0.1, 0.15) is 24.1 Å². The van der Waals surface area contributed by atoms with Gasteiger partial charge in [-0.25, -0.2) is 4.39 Å². The lowest BCUT2D eigenvalue weighted by molar-refractivity contribution is 0.571. The third kappa shape index (κ3) is 4.03. The molecule has 2 aromatic carbocycles. The number of halogens is 3. The van der Waals surface area contributed by atoms with Crippen LogP contribution in [-0.2, 0) is 6.54 Å². The van der Waals surface area contributed by atoms with Gasteiger partial charge in [-0.3, -0.25) is 0 Å². The summed E-state index contributed by atoms with van der Waals surface area (Å²) >= 11 is 9.23. The third-order valence-corrected chi connectivity index (χ3v) is 3.97. The van der Waals surface area contributed by atoms with Crippen LogP contribution in [0, 0.1) is 5.82 Å². The molecule has 1 atom stereocenters.